The van der Waals surface area contributed by atoms with Crippen molar-refractivity contribution in [1.82, 2.24) is 19.7 Å². The van der Waals surface area contributed by atoms with Crippen LogP contribution in [0.3, 0.4) is 0 Å². The fourth-order valence-electron chi connectivity index (χ4n) is 5.58. The SMILES string of the molecule is Cc1ccc(NC(=O)CC(Cc2ncco2)c2nnc(C3CC(CC(C)C)C3)n2C2CC2)c(C)c1. The highest BCUT2D eigenvalue weighted by molar-refractivity contribution is 5.92. The average molecular weight is 476 g/mol. The number of hydrogen-bond donors (Lipinski definition) is 1. The lowest BCUT2D eigenvalue weighted by atomic mass is 9.71. The summed E-state index contributed by atoms with van der Waals surface area (Å²) in [5.41, 5.74) is 3.09. The zero-order valence-corrected chi connectivity index (χ0v) is 21.3. The molecule has 7 heteroatoms. The van der Waals surface area contributed by atoms with Crippen molar-refractivity contribution in [2.75, 3.05) is 5.32 Å². The minimum atomic E-state index is -0.146. The average Bonchev–Trinajstić information content (AvgIpc) is 3.30. The highest BCUT2D eigenvalue weighted by Crippen LogP contribution is 2.48. The highest BCUT2D eigenvalue weighted by Gasteiger charge is 2.40. The summed E-state index contributed by atoms with van der Waals surface area (Å²) in [4.78, 5) is 17.5. The largest absolute Gasteiger partial charge is 0.449 e. The topological polar surface area (TPSA) is 85.8 Å². The third kappa shape index (κ3) is 5.49. The second-order valence-corrected chi connectivity index (χ2v) is 11.1. The standard InChI is InChI=1S/C28H37N5O2/c1-17(2)11-20-13-21(14-20)27-31-32-28(33(27)23-6-7-23)22(16-26-29-9-10-35-26)15-25(34)30-24-8-5-18(3)12-19(24)4/h5,8-10,12,17,20-23H,6-7,11,13-16H2,1-4H3,(H,30,34). The molecule has 35 heavy (non-hydrogen) atoms. The van der Waals surface area contributed by atoms with Gasteiger partial charge in [0.15, 0.2) is 5.89 Å². The minimum Gasteiger partial charge on any atom is -0.449 e. The normalized spacial score (nSPS) is 20.6. The molecule has 1 aromatic carbocycles. The zero-order chi connectivity index (χ0) is 24.5. The fourth-order valence-corrected chi connectivity index (χ4v) is 5.58. The summed E-state index contributed by atoms with van der Waals surface area (Å²) in [7, 11) is 0. The summed E-state index contributed by atoms with van der Waals surface area (Å²) in [6.45, 7) is 8.68. The number of nitrogens with zero attached hydrogens (tertiary/aromatic N) is 4. The van der Waals surface area contributed by atoms with Gasteiger partial charge >= 0.3 is 0 Å². The first kappa shape index (κ1) is 23.8. The van der Waals surface area contributed by atoms with Gasteiger partial charge in [-0.15, -0.1) is 10.2 Å². The van der Waals surface area contributed by atoms with Gasteiger partial charge < -0.3 is 14.3 Å². The predicted molar refractivity (Wildman–Crippen MR) is 135 cm³/mol. The number of benzene rings is 1. The van der Waals surface area contributed by atoms with Crippen LogP contribution in [0, 0.1) is 25.7 Å². The van der Waals surface area contributed by atoms with E-state index in [1.165, 1.54) is 24.8 Å². The van der Waals surface area contributed by atoms with Crippen LogP contribution >= 0.6 is 0 Å². The Labute approximate surface area is 207 Å². The number of amides is 1. The molecule has 7 nitrogen and oxygen atoms in total. The van der Waals surface area contributed by atoms with Crippen molar-refractivity contribution in [2.24, 2.45) is 11.8 Å². The van der Waals surface area contributed by atoms with Gasteiger partial charge in [-0.25, -0.2) is 4.98 Å². The van der Waals surface area contributed by atoms with E-state index < -0.39 is 0 Å². The molecule has 0 aliphatic heterocycles. The van der Waals surface area contributed by atoms with Crippen molar-refractivity contribution in [3.8, 4) is 0 Å². The van der Waals surface area contributed by atoms with Gasteiger partial charge in [-0.05, 0) is 69.4 Å². The second kappa shape index (κ2) is 9.96. The molecule has 2 aliphatic rings. The Balaban J connectivity index is 1.37. The van der Waals surface area contributed by atoms with Gasteiger partial charge in [0, 0.05) is 36.4 Å². The number of carbonyl (C=O) groups excluding carboxylic acids is 1. The van der Waals surface area contributed by atoms with Crippen LogP contribution in [-0.2, 0) is 11.2 Å². The first-order chi connectivity index (χ1) is 16.9. The third-order valence-corrected chi connectivity index (χ3v) is 7.42. The zero-order valence-electron chi connectivity index (χ0n) is 21.3. The number of aromatic nitrogens is 4. The van der Waals surface area contributed by atoms with Crippen LogP contribution in [0.2, 0.25) is 0 Å². The van der Waals surface area contributed by atoms with Gasteiger partial charge in [0.05, 0.1) is 6.20 Å². The van der Waals surface area contributed by atoms with Gasteiger partial charge in [0.2, 0.25) is 5.91 Å². The minimum absolute atomic E-state index is 0.0268. The molecule has 3 aromatic rings. The number of hydrogen-bond acceptors (Lipinski definition) is 5. The number of oxazole rings is 1. The van der Waals surface area contributed by atoms with E-state index >= 15 is 0 Å². The maximum atomic E-state index is 13.2. The first-order valence-corrected chi connectivity index (χ1v) is 13.1. The molecule has 1 N–H and O–H groups in total. The van der Waals surface area contributed by atoms with Crippen molar-refractivity contribution >= 4 is 11.6 Å². The molecule has 2 fully saturated rings. The van der Waals surface area contributed by atoms with Gasteiger partial charge in [0.1, 0.15) is 17.9 Å². The van der Waals surface area contributed by atoms with E-state index in [2.05, 4.69) is 41.7 Å². The molecule has 0 radical (unpaired) electrons. The first-order valence-electron chi connectivity index (χ1n) is 13.1. The number of aryl methyl sites for hydroxylation is 2. The summed E-state index contributed by atoms with van der Waals surface area (Å²) in [5.74, 6) is 4.49. The maximum absolute atomic E-state index is 13.2. The summed E-state index contributed by atoms with van der Waals surface area (Å²) < 4.78 is 7.94. The van der Waals surface area contributed by atoms with Crippen LogP contribution in [0.5, 0.6) is 0 Å². The van der Waals surface area contributed by atoms with Gasteiger partial charge in [-0.3, -0.25) is 4.79 Å². The van der Waals surface area contributed by atoms with E-state index in [-0.39, 0.29) is 11.8 Å². The van der Waals surface area contributed by atoms with E-state index in [1.54, 1.807) is 12.5 Å². The predicted octanol–water partition coefficient (Wildman–Crippen LogP) is 6.11. The van der Waals surface area contributed by atoms with Crippen molar-refractivity contribution in [2.45, 2.75) is 90.5 Å². The maximum Gasteiger partial charge on any atom is 0.225 e. The van der Waals surface area contributed by atoms with E-state index in [1.807, 2.05) is 19.1 Å². The molecule has 1 atom stereocenters. The molecule has 2 saturated carbocycles. The van der Waals surface area contributed by atoms with Gasteiger partial charge in [0.25, 0.3) is 0 Å². The van der Waals surface area contributed by atoms with E-state index in [0.717, 1.165) is 47.6 Å². The summed E-state index contributed by atoms with van der Waals surface area (Å²) in [6, 6.07) is 6.53. The smallest absolute Gasteiger partial charge is 0.225 e. The van der Waals surface area contributed by atoms with Crippen molar-refractivity contribution in [3.63, 3.8) is 0 Å². The molecule has 1 unspecified atom stereocenters. The molecule has 2 aliphatic carbocycles. The van der Waals surface area contributed by atoms with Crippen molar-refractivity contribution in [3.05, 3.63) is 59.3 Å². The molecule has 186 valence electrons. The molecule has 2 aromatic heterocycles. The molecular weight excluding hydrogens is 438 g/mol. The van der Waals surface area contributed by atoms with Crippen molar-refractivity contribution in [1.29, 1.82) is 0 Å². The highest BCUT2D eigenvalue weighted by atomic mass is 16.3. The molecule has 5 rings (SSSR count). The van der Waals surface area contributed by atoms with Crippen LogP contribution in [0.1, 0.15) is 98.9 Å². The number of rotatable bonds is 10. The Kier molecular flexibility index (Phi) is 6.76. The van der Waals surface area contributed by atoms with Crippen LogP contribution < -0.4 is 5.32 Å². The van der Waals surface area contributed by atoms with Crippen LogP contribution in [-0.4, -0.2) is 25.7 Å². The lowest BCUT2D eigenvalue weighted by Gasteiger charge is -2.36. The number of nitrogens with one attached hydrogen (secondary N) is 1. The molecule has 1 amide bonds. The van der Waals surface area contributed by atoms with Gasteiger partial charge in [-0.2, -0.15) is 0 Å². The molecule has 0 saturated heterocycles. The van der Waals surface area contributed by atoms with Crippen LogP contribution in [0.25, 0.3) is 0 Å². The molecular formula is C28H37N5O2. The summed E-state index contributed by atoms with van der Waals surface area (Å²) >= 11 is 0. The summed E-state index contributed by atoms with van der Waals surface area (Å²) in [5, 5.41) is 12.5. The Hall–Kier alpha value is -2.96. The van der Waals surface area contributed by atoms with Gasteiger partial charge in [-0.1, -0.05) is 31.5 Å². The quantitative estimate of drug-likeness (QED) is 0.382. The van der Waals surface area contributed by atoms with Crippen molar-refractivity contribution < 1.29 is 9.21 Å². The van der Waals surface area contributed by atoms with E-state index in [4.69, 9.17) is 14.6 Å². The lowest BCUT2D eigenvalue weighted by molar-refractivity contribution is -0.116. The fraction of sp³-hybridized carbons (Fsp3) is 0.571. The third-order valence-electron chi connectivity index (χ3n) is 7.42. The Bertz CT molecular complexity index is 1160. The Morgan fingerprint density at radius 3 is 2.66 bits per heavy atom. The Morgan fingerprint density at radius 1 is 1.20 bits per heavy atom. The summed E-state index contributed by atoms with van der Waals surface area (Å²) in [6.07, 6.45) is 10.1. The molecule has 0 spiro atoms. The van der Waals surface area contributed by atoms with E-state index in [0.29, 0.717) is 30.7 Å². The second-order valence-electron chi connectivity index (χ2n) is 11.1. The number of anilines is 1. The van der Waals surface area contributed by atoms with E-state index in [9.17, 15) is 4.79 Å². The van der Waals surface area contributed by atoms with Crippen LogP contribution in [0.15, 0.2) is 35.1 Å². The lowest BCUT2D eigenvalue weighted by Crippen LogP contribution is -2.27. The Morgan fingerprint density at radius 2 is 2.00 bits per heavy atom. The van der Waals surface area contributed by atoms with Crippen LogP contribution in [0.4, 0.5) is 5.69 Å². The molecule has 2 heterocycles. The molecule has 0 bridgehead atoms. The monoisotopic (exact) mass is 475 g/mol. The number of carbonyl (C=O) groups is 1.